The summed E-state index contributed by atoms with van der Waals surface area (Å²) in [6.45, 7) is 0.295. The van der Waals surface area contributed by atoms with E-state index in [-0.39, 0.29) is 24.1 Å². The van der Waals surface area contributed by atoms with E-state index in [1.54, 1.807) is 19.2 Å². The van der Waals surface area contributed by atoms with Crippen LogP contribution in [-0.2, 0) is 9.53 Å². The van der Waals surface area contributed by atoms with E-state index in [1.165, 1.54) is 12.0 Å². The fraction of sp³-hybridized carbons (Fsp3) is 0.400. The third-order valence-corrected chi connectivity index (χ3v) is 2.44. The summed E-state index contributed by atoms with van der Waals surface area (Å²) in [4.78, 5) is 24.0. The van der Waals surface area contributed by atoms with Crippen LogP contribution < -0.4 is 0 Å². The largest absolute Gasteiger partial charge is 0.469 e. The standard InChI is InChI=1S/C10H12BrNO4/c1-12(6-5-9(13)15-2)10(14)7-3-4-8(11)16-7/h3-4H,5-6H2,1-2H3. The third kappa shape index (κ3) is 3.37. The summed E-state index contributed by atoms with van der Waals surface area (Å²) in [7, 11) is 2.91. The molecule has 1 aromatic heterocycles. The highest BCUT2D eigenvalue weighted by atomic mass is 79.9. The number of rotatable bonds is 4. The fourth-order valence-corrected chi connectivity index (χ4v) is 1.39. The Hall–Kier alpha value is -1.30. The van der Waals surface area contributed by atoms with Crippen molar-refractivity contribution in [3.05, 3.63) is 22.6 Å². The van der Waals surface area contributed by atoms with Crippen LogP contribution in [0.4, 0.5) is 0 Å². The SMILES string of the molecule is COC(=O)CCN(C)C(=O)c1ccc(Br)o1. The Labute approximate surface area is 101 Å². The number of halogens is 1. The van der Waals surface area contributed by atoms with Crippen LogP contribution in [-0.4, -0.2) is 37.5 Å². The maximum Gasteiger partial charge on any atom is 0.307 e. The molecule has 1 heterocycles. The molecule has 5 nitrogen and oxygen atoms in total. The van der Waals surface area contributed by atoms with Crippen LogP contribution >= 0.6 is 15.9 Å². The van der Waals surface area contributed by atoms with Gasteiger partial charge in [-0.1, -0.05) is 0 Å². The van der Waals surface area contributed by atoms with Gasteiger partial charge in [-0.2, -0.15) is 0 Å². The van der Waals surface area contributed by atoms with Crippen molar-refractivity contribution in [3.8, 4) is 0 Å². The number of furan rings is 1. The molecule has 0 N–H and O–H groups in total. The summed E-state index contributed by atoms with van der Waals surface area (Å²) in [5.74, 6) is -0.380. The van der Waals surface area contributed by atoms with Gasteiger partial charge in [0.2, 0.25) is 0 Å². The van der Waals surface area contributed by atoms with E-state index in [4.69, 9.17) is 4.42 Å². The predicted octanol–water partition coefficient (Wildman–Crippen LogP) is 1.68. The molecule has 16 heavy (non-hydrogen) atoms. The molecule has 0 saturated heterocycles. The predicted molar refractivity (Wildman–Crippen MR) is 60.0 cm³/mol. The molecule has 0 saturated carbocycles. The van der Waals surface area contributed by atoms with Gasteiger partial charge in [0.25, 0.3) is 5.91 Å². The highest BCUT2D eigenvalue weighted by Crippen LogP contribution is 2.15. The van der Waals surface area contributed by atoms with Crippen molar-refractivity contribution < 1.29 is 18.7 Å². The Balaban J connectivity index is 2.51. The minimum Gasteiger partial charge on any atom is -0.469 e. The van der Waals surface area contributed by atoms with Crippen molar-refractivity contribution in [3.63, 3.8) is 0 Å². The molecule has 1 aromatic rings. The molecule has 0 aliphatic carbocycles. The highest BCUT2D eigenvalue weighted by Gasteiger charge is 2.16. The number of ether oxygens (including phenoxy) is 1. The lowest BCUT2D eigenvalue weighted by Gasteiger charge is -2.14. The number of carbonyl (C=O) groups excluding carboxylic acids is 2. The highest BCUT2D eigenvalue weighted by molar-refractivity contribution is 9.10. The van der Waals surface area contributed by atoms with Crippen molar-refractivity contribution in [1.82, 2.24) is 4.90 Å². The fourth-order valence-electron chi connectivity index (χ4n) is 1.08. The quantitative estimate of drug-likeness (QED) is 0.792. The van der Waals surface area contributed by atoms with Crippen LogP contribution in [0.3, 0.4) is 0 Å². The Morgan fingerprint density at radius 1 is 1.50 bits per heavy atom. The normalized spacial score (nSPS) is 9.94. The molecule has 0 atom stereocenters. The Kier molecular flexibility index (Phi) is 4.54. The van der Waals surface area contributed by atoms with Crippen molar-refractivity contribution in [2.45, 2.75) is 6.42 Å². The van der Waals surface area contributed by atoms with Crippen molar-refractivity contribution in [2.75, 3.05) is 20.7 Å². The Morgan fingerprint density at radius 3 is 2.69 bits per heavy atom. The second kappa shape index (κ2) is 5.69. The second-order valence-corrected chi connectivity index (χ2v) is 3.94. The Bertz CT molecular complexity index is 388. The molecule has 0 aliphatic heterocycles. The summed E-state index contributed by atoms with van der Waals surface area (Å²) < 4.78 is 10.1. The minimum absolute atomic E-state index is 0.167. The first-order valence-corrected chi connectivity index (χ1v) is 5.41. The Morgan fingerprint density at radius 2 is 2.19 bits per heavy atom. The first-order valence-electron chi connectivity index (χ1n) is 4.62. The van der Waals surface area contributed by atoms with Crippen LogP contribution in [0.25, 0.3) is 0 Å². The van der Waals surface area contributed by atoms with E-state index >= 15 is 0 Å². The van der Waals surface area contributed by atoms with Gasteiger partial charge in [0.05, 0.1) is 13.5 Å². The lowest BCUT2D eigenvalue weighted by Crippen LogP contribution is -2.28. The molecule has 1 amide bonds. The van der Waals surface area contributed by atoms with Crippen LogP contribution in [0.1, 0.15) is 17.0 Å². The molecule has 0 radical (unpaired) electrons. The molecular weight excluding hydrogens is 278 g/mol. The average molecular weight is 290 g/mol. The topological polar surface area (TPSA) is 59.8 Å². The van der Waals surface area contributed by atoms with E-state index in [2.05, 4.69) is 20.7 Å². The van der Waals surface area contributed by atoms with E-state index in [0.29, 0.717) is 11.2 Å². The van der Waals surface area contributed by atoms with Crippen molar-refractivity contribution >= 4 is 27.8 Å². The van der Waals surface area contributed by atoms with Gasteiger partial charge in [-0.25, -0.2) is 0 Å². The van der Waals surface area contributed by atoms with E-state index in [1.807, 2.05) is 0 Å². The number of esters is 1. The monoisotopic (exact) mass is 289 g/mol. The van der Waals surface area contributed by atoms with Gasteiger partial charge in [0.1, 0.15) is 0 Å². The summed E-state index contributed by atoms with van der Waals surface area (Å²) in [5, 5.41) is 0. The minimum atomic E-state index is -0.347. The lowest BCUT2D eigenvalue weighted by atomic mass is 10.3. The van der Waals surface area contributed by atoms with E-state index in [9.17, 15) is 9.59 Å². The zero-order valence-electron chi connectivity index (χ0n) is 9.03. The molecule has 0 bridgehead atoms. The number of hydrogen-bond donors (Lipinski definition) is 0. The average Bonchev–Trinajstić information content (AvgIpc) is 2.71. The molecule has 0 aliphatic rings. The van der Waals surface area contributed by atoms with Gasteiger partial charge >= 0.3 is 5.97 Å². The van der Waals surface area contributed by atoms with Crippen molar-refractivity contribution in [1.29, 1.82) is 0 Å². The zero-order chi connectivity index (χ0) is 12.1. The van der Waals surface area contributed by atoms with Crippen LogP contribution in [0.2, 0.25) is 0 Å². The molecule has 1 rings (SSSR count). The van der Waals surface area contributed by atoms with Crippen LogP contribution in [0, 0.1) is 0 Å². The maximum absolute atomic E-state index is 11.7. The maximum atomic E-state index is 11.7. The number of nitrogens with zero attached hydrogens (tertiary/aromatic N) is 1. The number of carbonyl (C=O) groups is 2. The molecule has 88 valence electrons. The molecule has 0 aromatic carbocycles. The smallest absolute Gasteiger partial charge is 0.307 e. The van der Waals surface area contributed by atoms with Crippen LogP contribution in [0.15, 0.2) is 21.2 Å². The van der Waals surface area contributed by atoms with Crippen LogP contribution in [0.5, 0.6) is 0 Å². The van der Waals surface area contributed by atoms with Gasteiger partial charge in [-0.3, -0.25) is 9.59 Å². The number of methoxy groups -OCH3 is 1. The first-order chi connectivity index (χ1) is 7.54. The van der Waals surface area contributed by atoms with E-state index in [0.717, 1.165) is 0 Å². The number of amides is 1. The summed E-state index contributed by atoms with van der Waals surface area (Å²) >= 11 is 3.11. The first kappa shape index (κ1) is 12.8. The van der Waals surface area contributed by atoms with Crippen molar-refractivity contribution in [2.24, 2.45) is 0 Å². The molecule has 0 spiro atoms. The second-order valence-electron chi connectivity index (χ2n) is 3.16. The van der Waals surface area contributed by atoms with E-state index < -0.39 is 0 Å². The molecule has 0 fully saturated rings. The zero-order valence-corrected chi connectivity index (χ0v) is 10.6. The van der Waals surface area contributed by atoms with Gasteiger partial charge < -0.3 is 14.1 Å². The van der Waals surface area contributed by atoms with Gasteiger partial charge in [0, 0.05) is 13.6 Å². The third-order valence-electron chi connectivity index (χ3n) is 2.01. The summed E-state index contributed by atoms with van der Waals surface area (Å²) in [6.07, 6.45) is 0.167. The summed E-state index contributed by atoms with van der Waals surface area (Å²) in [6, 6.07) is 3.21. The molecule has 6 heteroatoms. The lowest BCUT2D eigenvalue weighted by molar-refractivity contribution is -0.140. The van der Waals surface area contributed by atoms with Gasteiger partial charge in [-0.15, -0.1) is 0 Å². The summed E-state index contributed by atoms with van der Waals surface area (Å²) in [5.41, 5.74) is 0. The molecular formula is C10H12BrNO4. The molecule has 0 unspecified atom stereocenters. The van der Waals surface area contributed by atoms with Gasteiger partial charge in [0.15, 0.2) is 10.4 Å². The van der Waals surface area contributed by atoms with Gasteiger partial charge in [-0.05, 0) is 28.1 Å². The number of hydrogen-bond acceptors (Lipinski definition) is 4.